The average Bonchev–Trinajstić information content (AvgIpc) is 2.82. The molecule has 2 aromatic carbocycles. The van der Waals surface area contributed by atoms with E-state index in [1.165, 1.54) is 6.07 Å². The lowest BCUT2D eigenvalue weighted by Crippen LogP contribution is -1.77. The van der Waals surface area contributed by atoms with Crippen LogP contribution in [-0.2, 0) is 0 Å². The smallest absolute Gasteiger partial charge is 0.170 e. The number of rotatable bonds is 2. The summed E-state index contributed by atoms with van der Waals surface area (Å²) in [6.45, 7) is 0. The van der Waals surface area contributed by atoms with E-state index in [4.69, 9.17) is 4.42 Å². The third kappa shape index (κ3) is 2.47. The molecule has 0 amide bonds. The van der Waals surface area contributed by atoms with Crippen molar-refractivity contribution in [3.8, 4) is 22.6 Å². The Kier molecular flexibility index (Phi) is 3.22. The van der Waals surface area contributed by atoms with Crippen LogP contribution in [0.25, 0.3) is 22.6 Å². The van der Waals surface area contributed by atoms with Crippen LogP contribution in [0.4, 0.5) is 4.39 Å². The molecule has 0 spiro atoms. The van der Waals surface area contributed by atoms with Gasteiger partial charge in [0, 0.05) is 21.7 Å². The van der Waals surface area contributed by atoms with Crippen molar-refractivity contribution in [3.63, 3.8) is 0 Å². The van der Waals surface area contributed by atoms with Crippen molar-refractivity contribution >= 4 is 15.9 Å². The molecule has 3 rings (SSSR count). The average molecular weight is 317 g/mol. The third-order valence-electron chi connectivity index (χ3n) is 2.83. The zero-order chi connectivity index (χ0) is 13.2. The van der Waals surface area contributed by atoms with Gasteiger partial charge in [-0.2, -0.15) is 0 Å². The van der Waals surface area contributed by atoms with Gasteiger partial charge in [-0.05, 0) is 12.1 Å². The number of halogens is 2. The summed E-state index contributed by atoms with van der Waals surface area (Å²) < 4.78 is 20.5. The first-order chi connectivity index (χ1) is 9.24. The molecule has 0 atom stereocenters. The maximum absolute atomic E-state index is 14.0. The fourth-order valence-corrected chi connectivity index (χ4v) is 2.34. The first-order valence-corrected chi connectivity index (χ1v) is 6.64. The summed E-state index contributed by atoms with van der Waals surface area (Å²) in [4.78, 5) is 0. The SMILES string of the molecule is Fc1cc(-c2ccccc2)oc1-c1cccc(Br)c1. The predicted molar refractivity (Wildman–Crippen MR) is 77.2 cm³/mol. The second kappa shape index (κ2) is 5.02. The molecule has 19 heavy (non-hydrogen) atoms. The Morgan fingerprint density at radius 3 is 2.32 bits per heavy atom. The highest BCUT2D eigenvalue weighted by Gasteiger charge is 2.14. The summed E-state index contributed by atoms with van der Waals surface area (Å²) in [5.74, 6) is 0.449. The molecule has 0 aliphatic heterocycles. The van der Waals surface area contributed by atoms with Gasteiger partial charge in [0.25, 0.3) is 0 Å². The van der Waals surface area contributed by atoms with Crippen molar-refractivity contribution in [3.05, 3.63) is 71.0 Å². The van der Waals surface area contributed by atoms with Gasteiger partial charge in [0.2, 0.25) is 0 Å². The lowest BCUT2D eigenvalue weighted by Gasteiger charge is -1.99. The van der Waals surface area contributed by atoms with Crippen LogP contribution in [-0.4, -0.2) is 0 Å². The molecule has 0 aliphatic rings. The van der Waals surface area contributed by atoms with E-state index in [1.807, 2.05) is 54.6 Å². The van der Waals surface area contributed by atoms with Gasteiger partial charge in [-0.25, -0.2) is 4.39 Å². The third-order valence-corrected chi connectivity index (χ3v) is 3.33. The highest BCUT2D eigenvalue weighted by Crippen LogP contribution is 2.32. The molecule has 0 saturated heterocycles. The van der Waals surface area contributed by atoms with E-state index in [0.717, 1.165) is 10.0 Å². The number of furan rings is 1. The summed E-state index contributed by atoms with van der Waals surface area (Å²) in [6, 6.07) is 18.3. The Balaban J connectivity index is 2.08. The van der Waals surface area contributed by atoms with Crippen LogP contribution in [0.1, 0.15) is 0 Å². The van der Waals surface area contributed by atoms with Gasteiger partial charge in [-0.1, -0.05) is 58.4 Å². The molecule has 0 unspecified atom stereocenters. The molecule has 0 saturated carbocycles. The first kappa shape index (κ1) is 12.2. The highest BCUT2D eigenvalue weighted by molar-refractivity contribution is 9.10. The molecule has 0 bridgehead atoms. The Morgan fingerprint density at radius 2 is 1.58 bits per heavy atom. The first-order valence-electron chi connectivity index (χ1n) is 5.85. The molecule has 1 aromatic heterocycles. The van der Waals surface area contributed by atoms with Crippen LogP contribution in [0.2, 0.25) is 0 Å². The van der Waals surface area contributed by atoms with Crippen LogP contribution < -0.4 is 0 Å². The lowest BCUT2D eigenvalue weighted by atomic mass is 10.1. The van der Waals surface area contributed by atoms with E-state index in [1.54, 1.807) is 0 Å². The van der Waals surface area contributed by atoms with E-state index in [-0.39, 0.29) is 11.6 Å². The van der Waals surface area contributed by atoms with Crippen molar-refractivity contribution < 1.29 is 8.81 Å². The van der Waals surface area contributed by atoms with Gasteiger partial charge in [0.15, 0.2) is 11.6 Å². The van der Waals surface area contributed by atoms with E-state index in [0.29, 0.717) is 11.3 Å². The topological polar surface area (TPSA) is 13.1 Å². The quantitative estimate of drug-likeness (QED) is 0.607. The Bertz CT molecular complexity index is 704. The van der Waals surface area contributed by atoms with Crippen LogP contribution in [0.5, 0.6) is 0 Å². The minimum atomic E-state index is -0.350. The molecule has 0 aliphatic carbocycles. The number of hydrogen-bond donors (Lipinski definition) is 0. The minimum absolute atomic E-state index is 0.264. The normalized spacial score (nSPS) is 10.6. The van der Waals surface area contributed by atoms with Crippen molar-refractivity contribution in [2.75, 3.05) is 0 Å². The molecule has 3 aromatic rings. The zero-order valence-electron chi connectivity index (χ0n) is 9.94. The standard InChI is InChI=1S/C16H10BrFO/c17-13-8-4-7-12(9-13)16-14(18)10-15(19-16)11-5-2-1-3-6-11/h1-10H. The van der Waals surface area contributed by atoms with Gasteiger partial charge in [-0.15, -0.1) is 0 Å². The summed E-state index contributed by atoms with van der Waals surface area (Å²) in [5.41, 5.74) is 1.58. The molecule has 1 heterocycles. The fourth-order valence-electron chi connectivity index (χ4n) is 1.94. The molecule has 94 valence electrons. The van der Waals surface area contributed by atoms with Crippen molar-refractivity contribution in [1.29, 1.82) is 0 Å². The maximum atomic E-state index is 14.0. The second-order valence-electron chi connectivity index (χ2n) is 4.16. The molecule has 0 radical (unpaired) electrons. The fraction of sp³-hybridized carbons (Fsp3) is 0. The van der Waals surface area contributed by atoms with E-state index >= 15 is 0 Å². The number of hydrogen-bond acceptors (Lipinski definition) is 1. The van der Waals surface area contributed by atoms with Gasteiger partial charge < -0.3 is 4.42 Å². The Hall–Kier alpha value is -1.87. The van der Waals surface area contributed by atoms with Gasteiger partial charge in [0.1, 0.15) is 5.76 Å². The van der Waals surface area contributed by atoms with Gasteiger partial charge in [-0.3, -0.25) is 0 Å². The highest BCUT2D eigenvalue weighted by atomic mass is 79.9. The summed E-state index contributed by atoms with van der Waals surface area (Å²) in [6.07, 6.45) is 0. The summed E-state index contributed by atoms with van der Waals surface area (Å²) >= 11 is 3.37. The molecular formula is C16H10BrFO. The van der Waals surface area contributed by atoms with Crippen LogP contribution in [0, 0.1) is 5.82 Å². The van der Waals surface area contributed by atoms with Crippen LogP contribution >= 0.6 is 15.9 Å². The summed E-state index contributed by atoms with van der Waals surface area (Å²) in [7, 11) is 0. The molecule has 0 N–H and O–H groups in total. The predicted octanol–water partition coefficient (Wildman–Crippen LogP) is 5.52. The largest absolute Gasteiger partial charge is 0.453 e. The van der Waals surface area contributed by atoms with E-state index in [2.05, 4.69) is 15.9 Å². The summed E-state index contributed by atoms with van der Waals surface area (Å²) in [5, 5.41) is 0. The molecular weight excluding hydrogens is 307 g/mol. The van der Waals surface area contributed by atoms with Gasteiger partial charge >= 0.3 is 0 Å². The van der Waals surface area contributed by atoms with Crippen molar-refractivity contribution in [2.45, 2.75) is 0 Å². The van der Waals surface area contributed by atoms with Crippen LogP contribution in [0.3, 0.4) is 0 Å². The van der Waals surface area contributed by atoms with Gasteiger partial charge in [0.05, 0.1) is 0 Å². The molecule has 0 fully saturated rings. The number of benzene rings is 2. The Morgan fingerprint density at radius 1 is 0.842 bits per heavy atom. The maximum Gasteiger partial charge on any atom is 0.170 e. The van der Waals surface area contributed by atoms with Crippen LogP contribution in [0.15, 0.2) is 69.6 Å². The van der Waals surface area contributed by atoms with Crippen molar-refractivity contribution in [1.82, 2.24) is 0 Å². The second-order valence-corrected chi connectivity index (χ2v) is 5.08. The van der Waals surface area contributed by atoms with E-state index in [9.17, 15) is 4.39 Å². The Labute approximate surface area is 118 Å². The van der Waals surface area contributed by atoms with E-state index < -0.39 is 0 Å². The minimum Gasteiger partial charge on any atom is -0.453 e. The molecule has 3 heteroatoms. The monoisotopic (exact) mass is 316 g/mol. The molecule has 1 nitrogen and oxygen atoms in total. The lowest BCUT2D eigenvalue weighted by molar-refractivity contribution is 0.558. The van der Waals surface area contributed by atoms with Crippen molar-refractivity contribution in [2.24, 2.45) is 0 Å². The zero-order valence-corrected chi connectivity index (χ0v) is 11.5.